The molecule has 0 unspecified atom stereocenters. The second-order valence-electron chi connectivity index (χ2n) is 7.13. The lowest BCUT2D eigenvalue weighted by molar-refractivity contribution is -0.119. The minimum Gasteiger partial charge on any atom is -0.376 e. The largest absolute Gasteiger partial charge is 0.376 e. The Morgan fingerprint density at radius 1 is 1.46 bits per heavy atom. The second-order valence-corrected chi connectivity index (χ2v) is 9.18. The predicted molar refractivity (Wildman–Crippen MR) is 104 cm³/mol. The Labute approximate surface area is 160 Å². The summed E-state index contributed by atoms with van der Waals surface area (Å²) in [5.74, 6) is 0.840. The normalized spacial score (nSPS) is 22.5. The van der Waals surface area contributed by atoms with Crippen molar-refractivity contribution in [2.75, 3.05) is 18.9 Å². The van der Waals surface area contributed by atoms with Crippen LogP contribution in [-0.4, -0.2) is 40.9 Å². The van der Waals surface area contributed by atoms with Crippen LogP contribution in [0.3, 0.4) is 0 Å². The van der Waals surface area contributed by atoms with Gasteiger partial charge in [-0.15, -0.1) is 11.3 Å². The third-order valence-electron chi connectivity index (χ3n) is 5.03. The molecule has 8 heteroatoms. The number of nitrogens with zero attached hydrogens (tertiary/aromatic N) is 1. The summed E-state index contributed by atoms with van der Waals surface area (Å²) in [5, 5.41) is 4.16. The maximum Gasteiger partial charge on any atom is 0.260 e. The fourth-order valence-corrected chi connectivity index (χ4v) is 5.75. The van der Waals surface area contributed by atoms with Crippen LogP contribution in [0.25, 0.3) is 10.2 Å². The van der Waals surface area contributed by atoms with Crippen LogP contribution in [0.5, 0.6) is 0 Å². The standard InChI is InChI=1S/C18H23N3O3S2/c1-10-4-5-12-13(7-10)26-17-15(12)16(23)20-18(21-17)25-9-14(22)19-8-11-3-2-6-24-11/h10-11H,2-9H2,1H3,(H,19,22)(H,20,21,23)/t10-,11-/m0/s1. The molecule has 3 heterocycles. The first-order valence-corrected chi connectivity index (χ1v) is 11.0. The third-order valence-corrected chi connectivity index (χ3v) is 7.06. The van der Waals surface area contributed by atoms with Gasteiger partial charge >= 0.3 is 0 Å². The fourth-order valence-electron chi connectivity index (χ4n) is 3.62. The van der Waals surface area contributed by atoms with Crippen LogP contribution < -0.4 is 10.9 Å². The first kappa shape index (κ1) is 18.0. The van der Waals surface area contributed by atoms with Crippen LogP contribution in [0.15, 0.2) is 9.95 Å². The molecule has 2 aliphatic rings. The number of hydrogen-bond acceptors (Lipinski definition) is 6. The highest BCUT2D eigenvalue weighted by atomic mass is 32.2. The molecule has 1 aliphatic carbocycles. The summed E-state index contributed by atoms with van der Waals surface area (Å²) in [6.07, 6.45) is 5.31. The van der Waals surface area contributed by atoms with Gasteiger partial charge in [-0.2, -0.15) is 0 Å². The number of aryl methyl sites for hydroxylation is 1. The molecule has 140 valence electrons. The minimum atomic E-state index is -0.0793. The zero-order valence-electron chi connectivity index (χ0n) is 14.8. The van der Waals surface area contributed by atoms with Gasteiger partial charge in [0.05, 0.1) is 17.2 Å². The molecule has 2 aromatic rings. The van der Waals surface area contributed by atoms with E-state index in [1.54, 1.807) is 11.3 Å². The van der Waals surface area contributed by atoms with Gasteiger partial charge in [0, 0.05) is 18.0 Å². The molecule has 0 saturated carbocycles. The molecule has 2 aromatic heterocycles. The molecular weight excluding hydrogens is 370 g/mol. The van der Waals surface area contributed by atoms with E-state index in [1.807, 2.05) is 0 Å². The average Bonchev–Trinajstić information content (AvgIpc) is 3.24. The number of rotatable bonds is 5. The molecule has 0 radical (unpaired) electrons. The molecule has 26 heavy (non-hydrogen) atoms. The van der Waals surface area contributed by atoms with Gasteiger partial charge in [-0.05, 0) is 43.6 Å². The van der Waals surface area contributed by atoms with Crippen molar-refractivity contribution in [1.29, 1.82) is 0 Å². The van der Waals surface area contributed by atoms with Crippen LogP contribution in [0, 0.1) is 5.92 Å². The van der Waals surface area contributed by atoms with Crippen molar-refractivity contribution in [1.82, 2.24) is 15.3 Å². The minimum absolute atomic E-state index is 0.0625. The lowest BCUT2D eigenvalue weighted by Crippen LogP contribution is -2.33. The summed E-state index contributed by atoms with van der Waals surface area (Å²) in [4.78, 5) is 34.1. The number of aromatic nitrogens is 2. The Hall–Kier alpha value is -1.38. The average molecular weight is 394 g/mol. The van der Waals surface area contributed by atoms with Gasteiger partial charge in [0.15, 0.2) is 5.16 Å². The summed E-state index contributed by atoms with van der Waals surface area (Å²) in [7, 11) is 0. The highest BCUT2D eigenvalue weighted by molar-refractivity contribution is 7.99. The molecule has 6 nitrogen and oxygen atoms in total. The van der Waals surface area contributed by atoms with Gasteiger partial charge < -0.3 is 15.0 Å². The first-order valence-electron chi connectivity index (χ1n) is 9.16. The molecule has 4 rings (SSSR count). The number of nitrogens with one attached hydrogen (secondary N) is 2. The van der Waals surface area contributed by atoms with E-state index in [2.05, 4.69) is 22.2 Å². The van der Waals surface area contributed by atoms with Crippen molar-refractivity contribution < 1.29 is 9.53 Å². The van der Waals surface area contributed by atoms with Crippen molar-refractivity contribution in [2.24, 2.45) is 5.92 Å². The molecule has 0 bridgehead atoms. The van der Waals surface area contributed by atoms with Crippen molar-refractivity contribution in [3.05, 3.63) is 20.8 Å². The number of thioether (sulfide) groups is 1. The van der Waals surface area contributed by atoms with Gasteiger partial charge in [-0.3, -0.25) is 9.59 Å². The van der Waals surface area contributed by atoms with E-state index in [-0.39, 0.29) is 23.3 Å². The summed E-state index contributed by atoms with van der Waals surface area (Å²) < 4.78 is 5.50. The van der Waals surface area contributed by atoms with Gasteiger partial charge in [-0.25, -0.2) is 4.98 Å². The first-order chi connectivity index (χ1) is 12.6. The fraction of sp³-hybridized carbons (Fsp3) is 0.611. The molecule has 1 saturated heterocycles. The molecule has 1 amide bonds. The predicted octanol–water partition coefficient (Wildman–Crippen LogP) is 2.50. The van der Waals surface area contributed by atoms with Crippen LogP contribution in [0.4, 0.5) is 0 Å². The van der Waals surface area contributed by atoms with E-state index in [1.165, 1.54) is 22.2 Å². The quantitative estimate of drug-likeness (QED) is 0.602. The molecular formula is C18H23N3O3S2. The van der Waals surface area contributed by atoms with Crippen LogP contribution in [0.1, 0.15) is 36.6 Å². The van der Waals surface area contributed by atoms with Crippen molar-refractivity contribution in [2.45, 2.75) is 50.3 Å². The second kappa shape index (κ2) is 7.70. The Morgan fingerprint density at radius 3 is 3.15 bits per heavy atom. The smallest absolute Gasteiger partial charge is 0.260 e. The van der Waals surface area contributed by atoms with Gasteiger partial charge in [-0.1, -0.05) is 18.7 Å². The van der Waals surface area contributed by atoms with E-state index in [0.29, 0.717) is 17.6 Å². The Kier molecular flexibility index (Phi) is 5.33. The number of thiophene rings is 1. The summed E-state index contributed by atoms with van der Waals surface area (Å²) in [6, 6.07) is 0. The zero-order chi connectivity index (χ0) is 18.1. The SMILES string of the molecule is C[C@H]1CCc2c(sc3nc(SCC(=O)NC[C@@H]4CCCO4)[nH]c(=O)c23)C1. The summed E-state index contributed by atoms with van der Waals surface area (Å²) >= 11 is 2.91. The van der Waals surface area contributed by atoms with E-state index in [4.69, 9.17) is 4.74 Å². The number of fused-ring (bicyclic) bond motifs is 3. The maximum atomic E-state index is 12.5. The van der Waals surface area contributed by atoms with Crippen LogP contribution >= 0.6 is 23.1 Å². The molecule has 0 spiro atoms. The van der Waals surface area contributed by atoms with E-state index < -0.39 is 0 Å². The third kappa shape index (κ3) is 3.82. The zero-order valence-corrected chi connectivity index (χ0v) is 16.4. The molecule has 1 aliphatic heterocycles. The molecule has 1 fully saturated rings. The molecule has 0 aromatic carbocycles. The van der Waals surface area contributed by atoms with Crippen molar-refractivity contribution in [3.8, 4) is 0 Å². The van der Waals surface area contributed by atoms with Gasteiger partial charge in [0.2, 0.25) is 5.91 Å². The summed E-state index contributed by atoms with van der Waals surface area (Å²) in [5.41, 5.74) is 1.10. The highest BCUT2D eigenvalue weighted by Gasteiger charge is 2.23. The van der Waals surface area contributed by atoms with Gasteiger partial charge in [0.25, 0.3) is 5.56 Å². The number of hydrogen-bond donors (Lipinski definition) is 2. The maximum absolute atomic E-state index is 12.5. The van der Waals surface area contributed by atoms with E-state index in [9.17, 15) is 9.59 Å². The van der Waals surface area contributed by atoms with Gasteiger partial charge in [0.1, 0.15) is 4.83 Å². The Balaban J connectivity index is 1.42. The topological polar surface area (TPSA) is 84.1 Å². The number of aromatic amines is 1. The number of carbonyl (C=O) groups is 1. The van der Waals surface area contributed by atoms with Crippen molar-refractivity contribution in [3.63, 3.8) is 0 Å². The lowest BCUT2D eigenvalue weighted by atomic mass is 9.89. The molecule has 2 atom stereocenters. The Bertz CT molecular complexity index is 870. The Morgan fingerprint density at radius 2 is 2.35 bits per heavy atom. The van der Waals surface area contributed by atoms with Crippen molar-refractivity contribution >= 4 is 39.2 Å². The number of amides is 1. The van der Waals surface area contributed by atoms with E-state index in [0.717, 1.165) is 48.9 Å². The number of carbonyl (C=O) groups excluding carboxylic acids is 1. The highest BCUT2D eigenvalue weighted by Crippen LogP contribution is 2.36. The summed E-state index contributed by atoms with van der Waals surface area (Å²) in [6.45, 7) is 3.59. The lowest BCUT2D eigenvalue weighted by Gasteiger charge is -2.17. The monoisotopic (exact) mass is 393 g/mol. The van der Waals surface area contributed by atoms with Crippen LogP contribution in [-0.2, 0) is 22.4 Å². The van der Waals surface area contributed by atoms with E-state index >= 15 is 0 Å². The number of ether oxygens (including phenoxy) is 1. The number of H-pyrrole nitrogens is 1. The van der Waals surface area contributed by atoms with Crippen LogP contribution in [0.2, 0.25) is 0 Å². The molecule has 2 N–H and O–H groups in total.